The Balaban J connectivity index is 1.47. The highest BCUT2D eigenvalue weighted by Crippen LogP contribution is 2.48. The molecule has 1 aliphatic carbocycles. The average Bonchev–Trinajstić information content (AvgIpc) is 3.21. The number of rotatable bonds is 3. The number of aromatic nitrogens is 2. The minimum absolute atomic E-state index is 0.178. The van der Waals surface area contributed by atoms with Gasteiger partial charge in [0.15, 0.2) is 0 Å². The Morgan fingerprint density at radius 3 is 2.59 bits per heavy atom. The number of amides is 1. The van der Waals surface area contributed by atoms with E-state index in [4.69, 9.17) is 4.98 Å². The van der Waals surface area contributed by atoms with Gasteiger partial charge >= 0.3 is 0 Å². The highest BCUT2D eigenvalue weighted by Gasteiger charge is 2.51. The zero-order chi connectivity index (χ0) is 20.1. The second-order valence-corrected chi connectivity index (χ2v) is 9.17. The second-order valence-electron chi connectivity index (χ2n) is 9.17. The Labute approximate surface area is 173 Å². The molecule has 0 radical (unpaired) electrons. The summed E-state index contributed by atoms with van der Waals surface area (Å²) in [4.78, 5) is 27.2. The maximum absolute atomic E-state index is 13.3. The van der Waals surface area contributed by atoms with Gasteiger partial charge in [0.1, 0.15) is 5.82 Å². The Bertz CT molecular complexity index is 938. The highest BCUT2D eigenvalue weighted by molar-refractivity contribution is 5.80. The molecule has 3 fully saturated rings. The van der Waals surface area contributed by atoms with Crippen molar-refractivity contribution < 1.29 is 4.79 Å². The van der Waals surface area contributed by atoms with Gasteiger partial charge in [-0.25, -0.2) is 4.98 Å². The number of aryl methyl sites for hydroxylation is 3. The van der Waals surface area contributed by atoms with Crippen molar-refractivity contribution in [2.75, 3.05) is 24.5 Å². The van der Waals surface area contributed by atoms with Crippen molar-refractivity contribution in [2.45, 2.75) is 46.1 Å². The molecule has 29 heavy (non-hydrogen) atoms. The summed E-state index contributed by atoms with van der Waals surface area (Å²) in [6.07, 6.45) is 5.17. The lowest BCUT2D eigenvalue weighted by molar-refractivity contribution is -0.139. The van der Waals surface area contributed by atoms with Crippen LogP contribution in [0.25, 0.3) is 0 Å². The fraction of sp³-hybridized carbons (Fsp3) is 0.542. The minimum atomic E-state index is 0.178. The Morgan fingerprint density at radius 2 is 1.86 bits per heavy atom. The van der Waals surface area contributed by atoms with Crippen LogP contribution in [0.4, 0.5) is 5.82 Å². The van der Waals surface area contributed by atoms with E-state index in [0.29, 0.717) is 17.7 Å². The lowest BCUT2D eigenvalue weighted by atomic mass is 9.83. The van der Waals surface area contributed by atoms with Crippen LogP contribution in [0.15, 0.2) is 30.5 Å². The highest BCUT2D eigenvalue weighted by atomic mass is 16.2. The number of hydrogen-bond donors (Lipinski definition) is 0. The average molecular weight is 391 g/mol. The number of carbonyl (C=O) groups excluding carboxylic acids is 1. The van der Waals surface area contributed by atoms with Crippen LogP contribution in [-0.2, 0) is 4.79 Å². The van der Waals surface area contributed by atoms with E-state index in [1.807, 2.05) is 20.0 Å². The number of fused-ring (bicyclic) bond motifs is 1. The van der Waals surface area contributed by atoms with Crippen molar-refractivity contribution in [3.8, 4) is 0 Å². The quantitative estimate of drug-likeness (QED) is 0.799. The largest absolute Gasteiger partial charge is 0.354 e. The van der Waals surface area contributed by atoms with Crippen LogP contribution >= 0.6 is 0 Å². The van der Waals surface area contributed by atoms with Crippen molar-refractivity contribution in [2.24, 2.45) is 17.8 Å². The number of benzene rings is 1. The van der Waals surface area contributed by atoms with Gasteiger partial charge in [-0.1, -0.05) is 30.7 Å². The van der Waals surface area contributed by atoms with Crippen molar-refractivity contribution in [3.63, 3.8) is 0 Å². The number of carbonyl (C=O) groups is 1. The van der Waals surface area contributed by atoms with Crippen LogP contribution < -0.4 is 4.90 Å². The van der Waals surface area contributed by atoms with E-state index >= 15 is 0 Å². The summed E-state index contributed by atoms with van der Waals surface area (Å²) in [7, 11) is 0. The molecular formula is C24H30N4O. The van der Waals surface area contributed by atoms with E-state index in [9.17, 15) is 4.79 Å². The predicted molar refractivity (Wildman–Crippen MR) is 114 cm³/mol. The van der Waals surface area contributed by atoms with Crippen molar-refractivity contribution in [3.05, 3.63) is 53.0 Å². The van der Waals surface area contributed by atoms with Gasteiger partial charge in [-0.05, 0) is 44.7 Å². The van der Waals surface area contributed by atoms with Gasteiger partial charge in [0.25, 0.3) is 0 Å². The van der Waals surface area contributed by atoms with Gasteiger partial charge in [0, 0.05) is 43.6 Å². The van der Waals surface area contributed by atoms with E-state index < -0.39 is 0 Å². The molecule has 3 heterocycles. The van der Waals surface area contributed by atoms with Crippen LogP contribution in [0.3, 0.4) is 0 Å². The first-order chi connectivity index (χ1) is 14.0. The summed E-state index contributed by atoms with van der Waals surface area (Å²) in [6, 6.07) is 8.79. The zero-order valence-electron chi connectivity index (χ0n) is 17.6. The molecule has 1 amide bonds. The third kappa shape index (κ3) is 3.11. The van der Waals surface area contributed by atoms with E-state index in [1.165, 1.54) is 17.5 Å². The van der Waals surface area contributed by atoms with E-state index in [2.05, 4.69) is 46.0 Å². The fourth-order valence-corrected chi connectivity index (χ4v) is 5.48. The monoisotopic (exact) mass is 390 g/mol. The van der Waals surface area contributed by atoms with E-state index in [-0.39, 0.29) is 12.0 Å². The first-order valence-electron chi connectivity index (χ1n) is 10.9. The predicted octanol–water partition coefficient (Wildman–Crippen LogP) is 3.84. The molecule has 1 aromatic carbocycles. The maximum Gasteiger partial charge on any atom is 0.226 e. The lowest BCUT2D eigenvalue weighted by Gasteiger charge is -2.36. The van der Waals surface area contributed by atoms with Crippen LogP contribution in [0.1, 0.15) is 47.8 Å². The summed E-state index contributed by atoms with van der Waals surface area (Å²) in [6.45, 7) is 8.99. The van der Waals surface area contributed by atoms with Gasteiger partial charge in [-0.3, -0.25) is 9.78 Å². The maximum atomic E-state index is 13.3. The number of anilines is 1. The van der Waals surface area contributed by atoms with Crippen molar-refractivity contribution >= 4 is 11.7 Å². The molecule has 2 aliphatic heterocycles. The molecule has 152 valence electrons. The summed E-state index contributed by atoms with van der Waals surface area (Å²) >= 11 is 0. The Kier molecular flexibility index (Phi) is 4.56. The molecule has 3 atom stereocenters. The van der Waals surface area contributed by atoms with Crippen LogP contribution in [0, 0.1) is 38.5 Å². The Hall–Kier alpha value is -2.43. The van der Waals surface area contributed by atoms with Gasteiger partial charge in [-0.2, -0.15) is 0 Å². The van der Waals surface area contributed by atoms with Crippen LogP contribution in [-0.4, -0.2) is 40.4 Å². The second kappa shape index (κ2) is 7.12. The number of likely N-dealkylation sites (tertiary alicyclic amines) is 1. The third-order valence-electron chi connectivity index (χ3n) is 7.26. The number of nitrogens with zero attached hydrogens (tertiary/aromatic N) is 4. The normalized spacial score (nSPS) is 26.5. The first kappa shape index (κ1) is 18.6. The lowest BCUT2D eigenvalue weighted by Crippen LogP contribution is -2.41. The summed E-state index contributed by atoms with van der Waals surface area (Å²) < 4.78 is 0. The van der Waals surface area contributed by atoms with E-state index in [1.54, 1.807) is 0 Å². The molecule has 0 spiro atoms. The number of hydrogen-bond acceptors (Lipinski definition) is 4. The SMILES string of the molecule is Cc1cnc(C)c(N2C[C@H]3CN(C(=O)C4CCC4)[C@H](c4ccccc4C)[C@H]3C2)n1. The zero-order valence-corrected chi connectivity index (χ0v) is 17.6. The topological polar surface area (TPSA) is 49.3 Å². The van der Waals surface area contributed by atoms with Gasteiger partial charge in [-0.15, -0.1) is 0 Å². The molecule has 5 heteroatoms. The van der Waals surface area contributed by atoms with Crippen LogP contribution in [0.2, 0.25) is 0 Å². The van der Waals surface area contributed by atoms with Crippen molar-refractivity contribution in [1.82, 2.24) is 14.9 Å². The molecule has 5 rings (SSSR count). The molecule has 0 bridgehead atoms. The van der Waals surface area contributed by atoms with Crippen molar-refractivity contribution in [1.29, 1.82) is 0 Å². The molecule has 5 nitrogen and oxygen atoms in total. The summed E-state index contributed by atoms with van der Waals surface area (Å²) in [5.74, 6) is 2.59. The molecular weight excluding hydrogens is 360 g/mol. The molecule has 1 saturated carbocycles. The summed E-state index contributed by atoms with van der Waals surface area (Å²) in [5.41, 5.74) is 4.56. The smallest absolute Gasteiger partial charge is 0.226 e. The molecule has 2 saturated heterocycles. The molecule has 0 N–H and O–H groups in total. The molecule has 2 aromatic rings. The molecule has 3 aliphatic rings. The standard InChI is InChI=1S/C24H30N4O/c1-15-7-4-5-10-20(15)22-21-14-27(23-17(3)25-11-16(2)26-23)12-19(21)13-28(22)24(29)18-8-6-9-18/h4-5,7,10-11,18-19,21-22H,6,8-9,12-14H2,1-3H3/t19-,21-,22+/m0/s1. The first-order valence-corrected chi connectivity index (χ1v) is 10.9. The molecule has 1 aromatic heterocycles. The van der Waals surface area contributed by atoms with Gasteiger partial charge in [0.05, 0.1) is 17.4 Å². The Morgan fingerprint density at radius 1 is 1.07 bits per heavy atom. The van der Waals surface area contributed by atoms with Gasteiger partial charge < -0.3 is 9.80 Å². The third-order valence-corrected chi connectivity index (χ3v) is 7.26. The van der Waals surface area contributed by atoms with Crippen LogP contribution in [0.5, 0.6) is 0 Å². The van der Waals surface area contributed by atoms with Gasteiger partial charge in [0.2, 0.25) is 5.91 Å². The minimum Gasteiger partial charge on any atom is -0.354 e. The van der Waals surface area contributed by atoms with E-state index in [0.717, 1.165) is 49.7 Å². The molecule has 0 unspecified atom stereocenters. The summed E-state index contributed by atoms with van der Waals surface area (Å²) in [5, 5.41) is 0. The fourth-order valence-electron chi connectivity index (χ4n) is 5.48.